The minimum absolute atomic E-state index is 0.00888. The van der Waals surface area contributed by atoms with Gasteiger partial charge < -0.3 is 16.4 Å². The van der Waals surface area contributed by atoms with Crippen LogP contribution in [0.5, 0.6) is 0 Å². The molecule has 1 fully saturated rings. The molecule has 110 valence electrons. The molecule has 1 aliphatic carbocycles. The quantitative estimate of drug-likeness (QED) is 0.664. The smallest absolute Gasteiger partial charge is 0.241 e. The van der Waals surface area contributed by atoms with Gasteiger partial charge in [0.25, 0.3) is 0 Å². The van der Waals surface area contributed by atoms with E-state index in [9.17, 15) is 9.59 Å². The first-order chi connectivity index (χ1) is 9.52. The molecule has 4 N–H and O–H groups in total. The number of nitrogens with one attached hydrogen (secondary N) is 2. The molecule has 1 heterocycles. The highest BCUT2D eigenvalue weighted by Crippen LogP contribution is 2.18. The van der Waals surface area contributed by atoms with Gasteiger partial charge in [0, 0.05) is 24.7 Å². The molecule has 20 heavy (non-hydrogen) atoms. The molecular weight excluding hydrogens is 258 g/mol. The topological polar surface area (TPSA) is 102 Å². The predicted octanol–water partition coefficient (Wildman–Crippen LogP) is 0.228. The molecule has 2 rings (SSSR count). The summed E-state index contributed by atoms with van der Waals surface area (Å²) >= 11 is 0. The zero-order valence-electron chi connectivity index (χ0n) is 11.6. The summed E-state index contributed by atoms with van der Waals surface area (Å²) in [7, 11) is 0. The minimum Gasteiger partial charge on any atom is -0.352 e. The lowest BCUT2D eigenvalue weighted by Crippen LogP contribution is -2.29. The van der Waals surface area contributed by atoms with Crippen molar-refractivity contribution >= 4 is 17.5 Å². The second-order valence-electron chi connectivity index (χ2n) is 5.33. The van der Waals surface area contributed by atoms with E-state index in [2.05, 4.69) is 15.7 Å². The number of carbonyl (C=O) groups excluding carboxylic acids is 2. The fourth-order valence-electron chi connectivity index (χ4n) is 1.74. The number of hydrogen-bond acceptors (Lipinski definition) is 4. The molecule has 1 aromatic heterocycles. The Morgan fingerprint density at radius 1 is 1.50 bits per heavy atom. The van der Waals surface area contributed by atoms with E-state index in [-0.39, 0.29) is 24.4 Å². The van der Waals surface area contributed by atoms with Gasteiger partial charge in [0.2, 0.25) is 11.8 Å². The Balaban J connectivity index is 1.76. The van der Waals surface area contributed by atoms with E-state index in [0.29, 0.717) is 24.6 Å². The standard InChI is InChI=1S/C13H21N5O2/c1-9(14)2-5-12(19)17-11-6-15-18(7-11)8-13(20)16-10-3-4-10/h6-7,9-10H,2-5,8,14H2,1H3,(H,16,20)(H,17,19). The van der Waals surface area contributed by atoms with E-state index >= 15 is 0 Å². The van der Waals surface area contributed by atoms with Crippen LogP contribution < -0.4 is 16.4 Å². The monoisotopic (exact) mass is 279 g/mol. The van der Waals surface area contributed by atoms with Crippen LogP contribution >= 0.6 is 0 Å². The van der Waals surface area contributed by atoms with Crippen LogP contribution in [0.15, 0.2) is 12.4 Å². The van der Waals surface area contributed by atoms with Gasteiger partial charge in [-0.25, -0.2) is 0 Å². The third kappa shape index (κ3) is 5.00. The Bertz CT molecular complexity index is 479. The van der Waals surface area contributed by atoms with Gasteiger partial charge in [0.05, 0.1) is 11.9 Å². The number of nitrogens with two attached hydrogens (primary N) is 1. The number of aromatic nitrogens is 2. The van der Waals surface area contributed by atoms with Crippen molar-refractivity contribution in [3.63, 3.8) is 0 Å². The van der Waals surface area contributed by atoms with Gasteiger partial charge in [-0.2, -0.15) is 5.10 Å². The van der Waals surface area contributed by atoms with Crippen LogP contribution in [0.1, 0.15) is 32.6 Å². The average molecular weight is 279 g/mol. The van der Waals surface area contributed by atoms with Crippen molar-refractivity contribution < 1.29 is 9.59 Å². The highest BCUT2D eigenvalue weighted by atomic mass is 16.2. The van der Waals surface area contributed by atoms with Crippen LogP contribution in [0.25, 0.3) is 0 Å². The highest BCUT2D eigenvalue weighted by Gasteiger charge is 2.23. The first-order valence-electron chi connectivity index (χ1n) is 6.90. The maximum absolute atomic E-state index is 11.6. The molecule has 1 aromatic rings. The maximum Gasteiger partial charge on any atom is 0.241 e. The van der Waals surface area contributed by atoms with Gasteiger partial charge in [0.15, 0.2) is 0 Å². The van der Waals surface area contributed by atoms with Gasteiger partial charge >= 0.3 is 0 Å². The third-order valence-electron chi connectivity index (χ3n) is 2.99. The molecule has 1 aliphatic rings. The molecule has 1 atom stereocenters. The molecule has 0 aliphatic heterocycles. The lowest BCUT2D eigenvalue weighted by atomic mass is 10.2. The number of hydrogen-bond donors (Lipinski definition) is 3. The summed E-state index contributed by atoms with van der Waals surface area (Å²) in [5.74, 6) is -0.144. The van der Waals surface area contributed by atoms with E-state index in [4.69, 9.17) is 5.73 Å². The van der Waals surface area contributed by atoms with Crippen molar-refractivity contribution in [2.75, 3.05) is 5.32 Å². The fourth-order valence-corrected chi connectivity index (χ4v) is 1.74. The summed E-state index contributed by atoms with van der Waals surface area (Å²) in [4.78, 5) is 23.2. The molecule has 0 aromatic carbocycles. The minimum atomic E-state index is -0.0933. The van der Waals surface area contributed by atoms with E-state index in [0.717, 1.165) is 12.8 Å². The Kier molecular flexibility index (Phi) is 4.73. The van der Waals surface area contributed by atoms with Crippen LogP contribution in [0.3, 0.4) is 0 Å². The third-order valence-corrected chi connectivity index (χ3v) is 2.99. The van der Waals surface area contributed by atoms with E-state index < -0.39 is 0 Å². The lowest BCUT2D eigenvalue weighted by molar-refractivity contribution is -0.122. The van der Waals surface area contributed by atoms with E-state index in [1.807, 2.05) is 6.92 Å². The fraction of sp³-hybridized carbons (Fsp3) is 0.615. The maximum atomic E-state index is 11.6. The van der Waals surface area contributed by atoms with Gasteiger partial charge in [-0.15, -0.1) is 0 Å². The average Bonchev–Trinajstić information content (AvgIpc) is 3.07. The molecule has 2 amide bonds. The molecule has 0 spiro atoms. The summed E-state index contributed by atoms with van der Waals surface area (Å²) in [6.07, 6.45) is 6.33. The molecular formula is C13H21N5O2. The van der Waals surface area contributed by atoms with E-state index in [1.165, 1.54) is 10.9 Å². The van der Waals surface area contributed by atoms with Gasteiger partial charge in [-0.05, 0) is 26.2 Å². The zero-order chi connectivity index (χ0) is 14.5. The molecule has 7 nitrogen and oxygen atoms in total. The molecule has 0 radical (unpaired) electrons. The van der Waals surface area contributed by atoms with Crippen LogP contribution in [0, 0.1) is 0 Å². The molecule has 1 unspecified atom stereocenters. The normalized spacial score (nSPS) is 15.7. The predicted molar refractivity (Wildman–Crippen MR) is 74.9 cm³/mol. The van der Waals surface area contributed by atoms with Crippen molar-refractivity contribution in [1.29, 1.82) is 0 Å². The number of anilines is 1. The SMILES string of the molecule is CC(N)CCC(=O)Nc1cnn(CC(=O)NC2CC2)c1. The second kappa shape index (κ2) is 6.51. The van der Waals surface area contributed by atoms with Gasteiger partial charge in [0.1, 0.15) is 6.54 Å². The van der Waals surface area contributed by atoms with Crippen molar-refractivity contribution in [3.05, 3.63) is 12.4 Å². The van der Waals surface area contributed by atoms with Gasteiger partial charge in [-0.1, -0.05) is 0 Å². The highest BCUT2D eigenvalue weighted by molar-refractivity contribution is 5.90. The zero-order valence-corrected chi connectivity index (χ0v) is 11.6. The lowest BCUT2D eigenvalue weighted by Gasteiger charge is -2.05. The number of rotatable bonds is 7. The molecule has 1 saturated carbocycles. The Morgan fingerprint density at radius 3 is 2.90 bits per heavy atom. The first kappa shape index (κ1) is 14.5. The van der Waals surface area contributed by atoms with Gasteiger partial charge in [-0.3, -0.25) is 14.3 Å². The summed E-state index contributed by atoms with van der Waals surface area (Å²) in [6, 6.07) is 0.352. The largest absolute Gasteiger partial charge is 0.352 e. The van der Waals surface area contributed by atoms with E-state index in [1.54, 1.807) is 6.20 Å². The summed E-state index contributed by atoms with van der Waals surface area (Å²) in [5.41, 5.74) is 6.19. The van der Waals surface area contributed by atoms with Crippen LogP contribution in [-0.4, -0.2) is 33.7 Å². The van der Waals surface area contributed by atoms with Crippen LogP contribution in [0.2, 0.25) is 0 Å². The second-order valence-corrected chi connectivity index (χ2v) is 5.33. The molecule has 0 bridgehead atoms. The van der Waals surface area contributed by atoms with Crippen LogP contribution in [-0.2, 0) is 16.1 Å². The Morgan fingerprint density at radius 2 is 2.25 bits per heavy atom. The van der Waals surface area contributed by atoms with Crippen molar-refractivity contribution in [3.8, 4) is 0 Å². The van der Waals surface area contributed by atoms with Crippen molar-refractivity contribution in [2.24, 2.45) is 5.73 Å². The summed E-state index contributed by atoms with van der Waals surface area (Å²) in [6.45, 7) is 2.04. The molecule has 0 saturated heterocycles. The van der Waals surface area contributed by atoms with Crippen molar-refractivity contribution in [2.45, 2.75) is 51.2 Å². The summed E-state index contributed by atoms with van der Waals surface area (Å²) < 4.78 is 1.51. The Labute approximate surface area is 117 Å². The number of carbonyl (C=O) groups is 2. The number of nitrogens with zero attached hydrogens (tertiary/aromatic N) is 2. The number of amides is 2. The van der Waals surface area contributed by atoms with Crippen molar-refractivity contribution in [1.82, 2.24) is 15.1 Å². The summed E-state index contributed by atoms with van der Waals surface area (Å²) in [5, 5.41) is 9.67. The Hall–Kier alpha value is -1.89. The van der Waals surface area contributed by atoms with Crippen LogP contribution in [0.4, 0.5) is 5.69 Å². The first-order valence-corrected chi connectivity index (χ1v) is 6.90. The molecule has 7 heteroatoms.